The Bertz CT molecular complexity index is 1430. The van der Waals surface area contributed by atoms with E-state index in [0.717, 1.165) is 5.56 Å². The summed E-state index contributed by atoms with van der Waals surface area (Å²) >= 11 is 0. The van der Waals surface area contributed by atoms with Gasteiger partial charge in [-0.3, -0.25) is 14.5 Å². The van der Waals surface area contributed by atoms with Crippen LogP contribution in [0.4, 0.5) is 5.69 Å². The first-order chi connectivity index (χ1) is 18.5. The van der Waals surface area contributed by atoms with Gasteiger partial charge in [0.2, 0.25) is 0 Å². The Balaban J connectivity index is 2.00. The van der Waals surface area contributed by atoms with E-state index < -0.39 is 17.7 Å². The zero-order chi connectivity index (χ0) is 28.5. The number of hydrogen-bond donors (Lipinski definition) is 1. The molecule has 1 N–H and O–H groups in total. The van der Waals surface area contributed by atoms with Crippen LogP contribution in [0.5, 0.6) is 17.2 Å². The van der Waals surface area contributed by atoms with Gasteiger partial charge in [-0.15, -0.1) is 0 Å². The zero-order valence-electron chi connectivity index (χ0n) is 23.4. The number of benzene rings is 3. The number of aliphatic hydroxyl groups excluding tert-OH is 1. The minimum absolute atomic E-state index is 0.0334. The Morgan fingerprint density at radius 2 is 1.59 bits per heavy atom. The first-order valence-corrected chi connectivity index (χ1v) is 12.9. The van der Waals surface area contributed by atoms with Gasteiger partial charge in [0, 0.05) is 11.8 Å². The third-order valence-electron chi connectivity index (χ3n) is 6.64. The van der Waals surface area contributed by atoms with Crippen molar-refractivity contribution in [1.82, 2.24) is 0 Å². The smallest absolute Gasteiger partial charge is 0.300 e. The fourth-order valence-corrected chi connectivity index (χ4v) is 4.71. The number of ketones is 1. The van der Waals surface area contributed by atoms with Crippen LogP contribution >= 0.6 is 0 Å². The first-order valence-electron chi connectivity index (χ1n) is 12.9. The van der Waals surface area contributed by atoms with E-state index in [9.17, 15) is 14.7 Å². The molecule has 1 unspecified atom stereocenters. The Morgan fingerprint density at radius 3 is 2.23 bits per heavy atom. The molecule has 1 amide bonds. The highest BCUT2D eigenvalue weighted by Gasteiger charge is 2.47. The molecule has 7 heteroatoms. The molecule has 3 aromatic rings. The fraction of sp³-hybridized carbons (Fsp3) is 0.312. The van der Waals surface area contributed by atoms with Crippen LogP contribution in [0.1, 0.15) is 57.4 Å². The van der Waals surface area contributed by atoms with Crippen LogP contribution in [0.15, 0.2) is 72.3 Å². The molecular weight excluding hydrogens is 494 g/mol. The number of nitrogens with zero attached hydrogens (tertiary/aromatic N) is 1. The number of Topliss-reactive ketones (excluding diaryl/α,β-unsaturated/α-hetero) is 1. The Hall–Kier alpha value is -4.26. The van der Waals surface area contributed by atoms with Crippen LogP contribution in [0.3, 0.4) is 0 Å². The van der Waals surface area contributed by atoms with Crippen molar-refractivity contribution in [2.75, 3.05) is 19.1 Å². The average molecular weight is 530 g/mol. The number of methoxy groups -OCH3 is 2. The van der Waals surface area contributed by atoms with Gasteiger partial charge < -0.3 is 19.3 Å². The lowest BCUT2D eigenvalue weighted by Crippen LogP contribution is -2.29. The summed E-state index contributed by atoms with van der Waals surface area (Å²) in [5.74, 6) is -0.337. The molecule has 0 aromatic heterocycles. The lowest BCUT2D eigenvalue weighted by atomic mass is 9.85. The maximum absolute atomic E-state index is 13.7. The summed E-state index contributed by atoms with van der Waals surface area (Å²) < 4.78 is 16.8. The van der Waals surface area contributed by atoms with Crippen molar-refractivity contribution in [2.24, 2.45) is 0 Å². The molecule has 4 rings (SSSR count). The summed E-state index contributed by atoms with van der Waals surface area (Å²) in [6.45, 7) is 10.0. The van der Waals surface area contributed by atoms with Gasteiger partial charge in [0.1, 0.15) is 23.0 Å². The van der Waals surface area contributed by atoms with Crippen LogP contribution in [-0.4, -0.2) is 37.1 Å². The maximum atomic E-state index is 13.7. The molecule has 1 aliphatic rings. The van der Waals surface area contributed by atoms with E-state index in [1.54, 1.807) is 42.5 Å². The number of aliphatic hydroxyl groups is 1. The highest BCUT2D eigenvalue weighted by Crippen LogP contribution is 2.45. The average Bonchev–Trinajstić information content (AvgIpc) is 3.17. The van der Waals surface area contributed by atoms with E-state index in [1.807, 2.05) is 38.1 Å². The molecule has 7 nitrogen and oxygen atoms in total. The second kappa shape index (κ2) is 10.8. The molecule has 204 valence electrons. The van der Waals surface area contributed by atoms with Gasteiger partial charge in [0.15, 0.2) is 0 Å². The van der Waals surface area contributed by atoms with E-state index in [1.165, 1.54) is 19.1 Å². The number of ether oxygens (including phenoxy) is 3. The number of hydrogen-bond acceptors (Lipinski definition) is 6. The van der Waals surface area contributed by atoms with Crippen molar-refractivity contribution in [3.05, 3.63) is 89.0 Å². The van der Waals surface area contributed by atoms with E-state index in [2.05, 4.69) is 20.8 Å². The van der Waals surface area contributed by atoms with E-state index >= 15 is 0 Å². The monoisotopic (exact) mass is 529 g/mol. The Kier molecular flexibility index (Phi) is 7.72. The van der Waals surface area contributed by atoms with Gasteiger partial charge in [-0.05, 0) is 66.8 Å². The molecule has 1 fully saturated rings. The van der Waals surface area contributed by atoms with Gasteiger partial charge in [-0.1, -0.05) is 45.0 Å². The third kappa shape index (κ3) is 5.48. The van der Waals surface area contributed by atoms with Crippen molar-refractivity contribution >= 4 is 23.1 Å². The summed E-state index contributed by atoms with van der Waals surface area (Å²) in [7, 11) is 3.04. The molecule has 0 radical (unpaired) electrons. The summed E-state index contributed by atoms with van der Waals surface area (Å²) in [5.41, 5.74) is 2.10. The van der Waals surface area contributed by atoms with Gasteiger partial charge in [-0.25, -0.2) is 0 Å². The van der Waals surface area contributed by atoms with Gasteiger partial charge in [0.25, 0.3) is 11.7 Å². The molecule has 1 heterocycles. The van der Waals surface area contributed by atoms with Gasteiger partial charge in [0.05, 0.1) is 37.5 Å². The number of carbonyl (C=O) groups excluding carboxylic acids is 2. The molecule has 3 aromatic carbocycles. The molecule has 1 atom stereocenters. The van der Waals surface area contributed by atoms with Crippen molar-refractivity contribution in [3.8, 4) is 17.2 Å². The minimum atomic E-state index is -0.921. The lowest BCUT2D eigenvalue weighted by molar-refractivity contribution is -0.132. The predicted octanol–water partition coefficient (Wildman–Crippen LogP) is 6.41. The molecule has 1 aliphatic heterocycles. The maximum Gasteiger partial charge on any atom is 0.300 e. The number of rotatable bonds is 7. The minimum Gasteiger partial charge on any atom is -0.507 e. The topological polar surface area (TPSA) is 85.3 Å². The van der Waals surface area contributed by atoms with Crippen LogP contribution in [0.25, 0.3) is 5.76 Å². The quantitative estimate of drug-likeness (QED) is 0.216. The second-order valence-electron chi connectivity index (χ2n) is 10.8. The van der Waals surface area contributed by atoms with Gasteiger partial charge >= 0.3 is 0 Å². The highest BCUT2D eigenvalue weighted by atomic mass is 16.5. The molecule has 0 saturated carbocycles. The van der Waals surface area contributed by atoms with E-state index in [0.29, 0.717) is 34.1 Å². The molecule has 0 spiro atoms. The Labute approximate surface area is 229 Å². The van der Waals surface area contributed by atoms with Crippen molar-refractivity contribution in [3.63, 3.8) is 0 Å². The van der Waals surface area contributed by atoms with Crippen LogP contribution in [0.2, 0.25) is 0 Å². The normalized spacial score (nSPS) is 17.0. The van der Waals surface area contributed by atoms with Crippen molar-refractivity contribution in [2.45, 2.75) is 52.2 Å². The van der Waals surface area contributed by atoms with E-state index in [-0.39, 0.29) is 22.9 Å². The van der Waals surface area contributed by atoms with E-state index in [4.69, 9.17) is 14.2 Å². The van der Waals surface area contributed by atoms with Crippen molar-refractivity contribution < 1.29 is 28.9 Å². The molecule has 39 heavy (non-hydrogen) atoms. The summed E-state index contributed by atoms with van der Waals surface area (Å²) in [6.07, 6.45) is -0.0746. The molecule has 0 bridgehead atoms. The molecule has 0 aliphatic carbocycles. The van der Waals surface area contributed by atoms with Crippen molar-refractivity contribution in [1.29, 1.82) is 0 Å². The standard InChI is InChI=1S/C32H35NO6/c1-19(2)39-24-13-8-10-20(16-24)28-27(29(34)25-17-21(32(3,4)5)14-15-26(25)38-7)30(35)31(36)33(28)22-11-9-12-23(18-22)37-6/h8-19,28,34H,1-7H3/b29-27+. The number of anilines is 1. The first kappa shape index (κ1) is 27.8. The second-order valence-corrected chi connectivity index (χ2v) is 10.8. The SMILES string of the molecule is COc1cccc(N2C(=O)C(=O)/C(=C(/O)c3cc(C(C)(C)C)ccc3OC)C2c2cccc(OC(C)C)c2)c1. The summed E-state index contributed by atoms with van der Waals surface area (Å²) in [6, 6.07) is 18.7. The largest absolute Gasteiger partial charge is 0.507 e. The summed E-state index contributed by atoms with van der Waals surface area (Å²) in [4.78, 5) is 28.7. The number of amides is 1. The summed E-state index contributed by atoms with van der Waals surface area (Å²) in [5, 5.41) is 11.8. The Morgan fingerprint density at radius 1 is 0.897 bits per heavy atom. The third-order valence-corrected chi connectivity index (χ3v) is 6.64. The number of carbonyl (C=O) groups is 2. The molecular formula is C32H35NO6. The lowest BCUT2D eigenvalue weighted by Gasteiger charge is -2.26. The van der Waals surface area contributed by atoms with Crippen LogP contribution in [-0.2, 0) is 15.0 Å². The highest BCUT2D eigenvalue weighted by molar-refractivity contribution is 6.51. The van der Waals surface area contributed by atoms with Gasteiger partial charge in [-0.2, -0.15) is 0 Å². The zero-order valence-corrected chi connectivity index (χ0v) is 23.4. The van der Waals surface area contributed by atoms with Crippen LogP contribution in [0, 0.1) is 0 Å². The predicted molar refractivity (Wildman–Crippen MR) is 152 cm³/mol. The fourth-order valence-electron chi connectivity index (χ4n) is 4.71. The molecule has 1 saturated heterocycles. The van der Waals surface area contributed by atoms with Crippen LogP contribution < -0.4 is 19.1 Å².